The van der Waals surface area contributed by atoms with Crippen LogP contribution in [0.4, 0.5) is 11.5 Å². The number of nitrogens with one attached hydrogen (secondary N) is 1. The van der Waals surface area contributed by atoms with Crippen molar-refractivity contribution in [2.45, 2.75) is 0 Å². The highest BCUT2D eigenvalue weighted by Crippen LogP contribution is 2.37. The lowest BCUT2D eigenvalue weighted by Gasteiger charge is -2.15. The van der Waals surface area contributed by atoms with E-state index in [9.17, 15) is 4.79 Å². The van der Waals surface area contributed by atoms with Crippen molar-refractivity contribution in [2.75, 3.05) is 31.1 Å². The van der Waals surface area contributed by atoms with E-state index in [1.165, 1.54) is 11.3 Å². The number of ether oxygens (including phenoxy) is 2. The lowest BCUT2D eigenvalue weighted by Crippen LogP contribution is -2.17. The molecule has 0 bridgehead atoms. The highest BCUT2D eigenvalue weighted by molar-refractivity contribution is 7.17. The van der Waals surface area contributed by atoms with Gasteiger partial charge in [0, 0.05) is 25.9 Å². The maximum Gasteiger partial charge on any atom is 0.267 e. The van der Waals surface area contributed by atoms with Crippen LogP contribution in [0.1, 0.15) is 9.67 Å². The lowest BCUT2D eigenvalue weighted by atomic mass is 10.2. The third-order valence-electron chi connectivity index (χ3n) is 3.81. The Hall–Kier alpha value is -3.13. The maximum atomic E-state index is 12.6. The number of carbonyl (C=O) groups excluding carboxylic acids is 1. The number of thiazole rings is 1. The van der Waals surface area contributed by atoms with Gasteiger partial charge in [-0.15, -0.1) is 11.3 Å². The van der Waals surface area contributed by atoms with Gasteiger partial charge in [0.15, 0.2) is 17.3 Å². The number of nitrogens with zero attached hydrogens (tertiary/aromatic N) is 3. The molecule has 1 aliphatic heterocycles. The second-order valence-corrected chi connectivity index (χ2v) is 6.85. The number of carbonyl (C=O) groups is 1. The second kappa shape index (κ2) is 6.64. The van der Waals surface area contributed by atoms with Crippen LogP contribution >= 0.6 is 11.3 Å². The first-order valence-corrected chi connectivity index (χ1v) is 8.73. The van der Waals surface area contributed by atoms with Crippen molar-refractivity contribution in [3.05, 3.63) is 47.6 Å². The molecule has 3 heterocycles. The first-order valence-electron chi connectivity index (χ1n) is 7.91. The average molecular weight is 368 g/mol. The van der Waals surface area contributed by atoms with Crippen LogP contribution in [0.2, 0.25) is 0 Å². The monoisotopic (exact) mass is 368 g/mol. The molecule has 1 amide bonds. The Bertz CT molecular complexity index is 971. The Labute approximate surface area is 154 Å². The van der Waals surface area contributed by atoms with E-state index >= 15 is 0 Å². The van der Waals surface area contributed by atoms with Crippen molar-refractivity contribution in [1.82, 2.24) is 9.97 Å². The molecule has 7 nitrogen and oxygen atoms in total. The van der Waals surface area contributed by atoms with Gasteiger partial charge in [0.25, 0.3) is 5.91 Å². The summed E-state index contributed by atoms with van der Waals surface area (Å²) in [4.78, 5) is 23.6. The minimum atomic E-state index is -0.217. The molecule has 1 N–H and O–H groups in total. The Morgan fingerprint density at radius 2 is 2.04 bits per heavy atom. The average Bonchev–Trinajstić information content (AvgIpc) is 3.30. The van der Waals surface area contributed by atoms with Gasteiger partial charge in [-0.2, -0.15) is 0 Å². The SMILES string of the molecule is CN(C)c1ncccc1NC(=O)c1cnc(-c2ccc3c(c2)OCO3)s1. The number of fused-ring (bicyclic) bond motifs is 1. The zero-order valence-corrected chi connectivity index (χ0v) is 15.0. The molecule has 1 aliphatic rings. The highest BCUT2D eigenvalue weighted by atomic mass is 32.1. The van der Waals surface area contributed by atoms with Crippen molar-refractivity contribution in [2.24, 2.45) is 0 Å². The smallest absolute Gasteiger partial charge is 0.267 e. The van der Waals surface area contributed by atoms with Crippen LogP contribution in [0.15, 0.2) is 42.7 Å². The van der Waals surface area contributed by atoms with Crippen LogP contribution in [0.5, 0.6) is 11.5 Å². The van der Waals surface area contributed by atoms with E-state index in [0.717, 1.165) is 16.3 Å². The third kappa shape index (κ3) is 3.06. The summed E-state index contributed by atoms with van der Waals surface area (Å²) in [6, 6.07) is 9.22. The molecule has 2 aromatic heterocycles. The van der Waals surface area contributed by atoms with Crippen molar-refractivity contribution in [3.8, 4) is 22.1 Å². The minimum absolute atomic E-state index is 0.217. The summed E-state index contributed by atoms with van der Waals surface area (Å²) in [5.74, 6) is 1.89. The maximum absolute atomic E-state index is 12.6. The van der Waals surface area contributed by atoms with Crippen LogP contribution in [0.25, 0.3) is 10.6 Å². The summed E-state index contributed by atoms with van der Waals surface area (Å²) in [6.07, 6.45) is 3.26. The molecule has 0 fully saturated rings. The number of pyridine rings is 1. The lowest BCUT2D eigenvalue weighted by molar-refractivity contribution is 0.103. The number of benzene rings is 1. The molecule has 1 aromatic carbocycles. The molecule has 8 heteroatoms. The molecule has 0 unspecified atom stereocenters. The fourth-order valence-electron chi connectivity index (χ4n) is 2.58. The molecule has 0 atom stereocenters. The Morgan fingerprint density at radius 3 is 2.88 bits per heavy atom. The summed E-state index contributed by atoms with van der Waals surface area (Å²) in [6.45, 7) is 0.226. The number of rotatable bonds is 4. The molecule has 3 aromatic rings. The van der Waals surface area contributed by atoms with E-state index in [1.54, 1.807) is 18.5 Å². The normalized spacial score (nSPS) is 12.1. The summed E-state index contributed by atoms with van der Waals surface area (Å²) < 4.78 is 10.7. The molecule has 26 heavy (non-hydrogen) atoms. The van der Waals surface area contributed by atoms with Gasteiger partial charge in [-0.1, -0.05) is 0 Å². The minimum Gasteiger partial charge on any atom is -0.454 e. The molecular weight excluding hydrogens is 352 g/mol. The van der Waals surface area contributed by atoms with Crippen molar-refractivity contribution >= 4 is 28.7 Å². The van der Waals surface area contributed by atoms with Crippen molar-refractivity contribution < 1.29 is 14.3 Å². The Balaban J connectivity index is 1.56. The zero-order valence-electron chi connectivity index (χ0n) is 14.2. The fourth-order valence-corrected chi connectivity index (χ4v) is 3.38. The zero-order chi connectivity index (χ0) is 18.1. The number of hydrogen-bond acceptors (Lipinski definition) is 7. The van der Waals surface area contributed by atoms with E-state index in [4.69, 9.17) is 9.47 Å². The Morgan fingerprint density at radius 1 is 1.19 bits per heavy atom. The molecule has 4 rings (SSSR count). The van der Waals surface area contributed by atoms with E-state index < -0.39 is 0 Å². The van der Waals surface area contributed by atoms with Crippen LogP contribution in [0.3, 0.4) is 0 Å². The van der Waals surface area contributed by atoms with Crippen LogP contribution in [-0.4, -0.2) is 36.8 Å². The Kier molecular flexibility index (Phi) is 4.18. The van der Waals surface area contributed by atoms with Crippen LogP contribution < -0.4 is 19.7 Å². The number of amides is 1. The quantitative estimate of drug-likeness (QED) is 0.762. The van der Waals surface area contributed by atoms with Gasteiger partial charge in [0.1, 0.15) is 9.88 Å². The number of anilines is 2. The van der Waals surface area contributed by atoms with Gasteiger partial charge in [0.2, 0.25) is 6.79 Å². The summed E-state index contributed by atoms with van der Waals surface area (Å²) in [5.41, 5.74) is 1.54. The van der Waals surface area contributed by atoms with Gasteiger partial charge in [-0.05, 0) is 30.3 Å². The predicted octanol–water partition coefficient (Wildman–Crippen LogP) is 3.25. The highest BCUT2D eigenvalue weighted by Gasteiger charge is 2.18. The van der Waals surface area contributed by atoms with Gasteiger partial charge < -0.3 is 19.7 Å². The van der Waals surface area contributed by atoms with E-state index in [0.29, 0.717) is 22.1 Å². The largest absolute Gasteiger partial charge is 0.454 e. The molecular formula is C18H16N4O3S. The number of hydrogen-bond donors (Lipinski definition) is 1. The van der Waals surface area contributed by atoms with E-state index in [1.807, 2.05) is 43.3 Å². The molecule has 0 saturated heterocycles. The van der Waals surface area contributed by atoms with Gasteiger partial charge in [0.05, 0.1) is 11.9 Å². The van der Waals surface area contributed by atoms with Crippen molar-refractivity contribution in [1.29, 1.82) is 0 Å². The molecule has 0 saturated carbocycles. The predicted molar refractivity (Wildman–Crippen MR) is 100 cm³/mol. The summed E-state index contributed by atoms with van der Waals surface area (Å²) in [7, 11) is 3.75. The number of aromatic nitrogens is 2. The van der Waals surface area contributed by atoms with Crippen molar-refractivity contribution in [3.63, 3.8) is 0 Å². The standard InChI is InChI=1S/C18H16N4O3S/c1-22(2)16-12(4-3-7-19-16)21-17(23)15-9-20-18(26-15)11-5-6-13-14(8-11)25-10-24-13/h3-9H,10H2,1-2H3,(H,21,23). The summed E-state index contributed by atoms with van der Waals surface area (Å²) in [5, 5.41) is 3.64. The van der Waals surface area contributed by atoms with E-state index in [-0.39, 0.29) is 12.7 Å². The fraction of sp³-hybridized carbons (Fsp3) is 0.167. The molecule has 0 radical (unpaired) electrons. The topological polar surface area (TPSA) is 76.6 Å². The second-order valence-electron chi connectivity index (χ2n) is 5.82. The van der Waals surface area contributed by atoms with Gasteiger partial charge in [-0.25, -0.2) is 9.97 Å². The molecule has 132 valence electrons. The van der Waals surface area contributed by atoms with Crippen LogP contribution in [0, 0.1) is 0 Å². The van der Waals surface area contributed by atoms with Gasteiger partial charge in [-0.3, -0.25) is 4.79 Å². The summed E-state index contributed by atoms with van der Waals surface area (Å²) >= 11 is 1.32. The third-order valence-corrected chi connectivity index (χ3v) is 4.85. The van der Waals surface area contributed by atoms with Gasteiger partial charge >= 0.3 is 0 Å². The van der Waals surface area contributed by atoms with E-state index in [2.05, 4.69) is 15.3 Å². The van der Waals surface area contributed by atoms with Crippen LogP contribution in [-0.2, 0) is 0 Å². The first-order chi connectivity index (χ1) is 12.6. The molecule has 0 aliphatic carbocycles. The first kappa shape index (κ1) is 16.3. The molecule has 0 spiro atoms.